The van der Waals surface area contributed by atoms with Crippen molar-refractivity contribution >= 4 is 5.78 Å². The number of carbonyl (C=O) groups is 1. The van der Waals surface area contributed by atoms with Gasteiger partial charge in [0.2, 0.25) is 12.2 Å². The molecule has 32 heavy (non-hydrogen) atoms. The SMILES string of the molecule is Cc1ccc(C(=O)C2CCN(C3Cc4ccccc4CC3O)CC2)cn1.OOC#COO. The van der Waals surface area contributed by atoms with Crippen LogP contribution >= 0.6 is 0 Å². The molecular formula is C24H28N2O6. The molecule has 1 aliphatic carbocycles. The number of fused-ring (bicyclic) bond motifs is 1. The van der Waals surface area contributed by atoms with E-state index in [1.165, 1.54) is 23.3 Å². The summed E-state index contributed by atoms with van der Waals surface area (Å²) in [5.41, 5.74) is 4.28. The number of aliphatic hydroxyl groups excluding tert-OH is 1. The summed E-state index contributed by atoms with van der Waals surface area (Å²) in [6, 6.07) is 12.4. The Kier molecular flexibility index (Phi) is 8.59. The van der Waals surface area contributed by atoms with Gasteiger partial charge in [-0.2, -0.15) is 10.5 Å². The molecule has 2 unspecified atom stereocenters. The lowest BCUT2D eigenvalue weighted by molar-refractivity contribution is -0.188. The maximum absolute atomic E-state index is 12.7. The van der Waals surface area contributed by atoms with E-state index in [1.54, 1.807) is 6.20 Å². The molecular weight excluding hydrogens is 412 g/mol. The molecule has 2 aromatic rings. The third-order valence-electron chi connectivity index (χ3n) is 6.12. The van der Waals surface area contributed by atoms with Gasteiger partial charge >= 0.3 is 0 Å². The predicted octanol–water partition coefficient (Wildman–Crippen LogP) is 2.70. The number of aryl methyl sites for hydroxylation is 1. The van der Waals surface area contributed by atoms with E-state index in [4.69, 9.17) is 10.5 Å². The zero-order valence-corrected chi connectivity index (χ0v) is 18.0. The Morgan fingerprint density at radius 1 is 1.03 bits per heavy atom. The van der Waals surface area contributed by atoms with Crippen LogP contribution in [0.3, 0.4) is 0 Å². The maximum atomic E-state index is 12.7. The molecule has 4 rings (SSSR count). The summed E-state index contributed by atoms with van der Waals surface area (Å²) in [7, 11) is 0. The molecule has 1 fully saturated rings. The van der Waals surface area contributed by atoms with Crippen molar-refractivity contribution in [3.05, 3.63) is 65.0 Å². The second-order valence-electron chi connectivity index (χ2n) is 8.06. The van der Waals surface area contributed by atoms with E-state index in [-0.39, 0.29) is 23.8 Å². The van der Waals surface area contributed by atoms with Crippen LogP contribution in [0.25, 0.3) is 0 Å². The first kappa shape index (κ1) is 23.7. The van der Waals surface area contributed by atoms with E-state index in [0.29, 0.717) is 0 Å². The molecule has 170 valence electrons. The van der Waals surface area contributed by atoms with Gasteiger partial charge in [0.15, 0.2) is 5.78 Å². The summed E-state index contributed by atoms with van der Waals surface area (Å²) in [5, 5.41) is 25.3. The quantitative estimate of drug-likeness (QED) is 0.289. The lowest BCUT2D eigenvalue weighted by Crippen LogP contribution is -2.51. The molecule has 1 saturated heterocycles. The van der Waals surface area contributed by atoms with Crippen LogP contribution in [0.2, 0.25) is 0 Å². The number of hydrogen-bond acceptors (Lipinski definition) is 8. The Morgan fingerprint density at radius 3 is 2.22 bits per heavy atom. The van der Waals surface area contributed by atoms with E-state index in [2.05, 4.69) is 37.9 Å². The highest BCUT2D eigenvalue weighted by atomic mass is 17.1. The number of aromatic nitrogens is 1. The van der Waals surface area contributed by atoms with Gasteiger partial charge in [-0.25, -0.2) is 0 Å². The fraction of sp³-hybridized carbons (Fsp3) is 0.417. The highest BCUT2D eigenvalue weighted by Crippen LogP contribution is 2.29. The molecule has 0 spiro atoms. The van der Waals surface area contributed by atoms with Crippen molar-refractivity contribution in [2.24, 2.45) is 5.92 Å². The number of pyridine rings is 1. The number of hydrogen-bond donors (Lipinski definition) is 3. The summed E-state index contributed by atoms with van der Waals surface area (Å²) < 4.78 is 0. The minimum atomic E-state index is -0.321. The third kappa shape index (κ3) is 6.05. The predicted molar refractivity (Wildman–Crippen MR) is 116 cm³/mol. The summed E-state index contributed by atoms with van der Waals surface area (Å²) in [6.45, 7) is 3.68. The molecule has 0 radical (unpaired) electrons. The highest BCUT2D eigenvalue weighted by Gasteiger charge is 2.35. The summed E-state index contributed by atoms with van der Waals surface area (Å²) >= 11 is 0. The number of benzene rings is 1. The van der Waals surface area contributed by atoms with Crippen LogP contribution in [0.5, 0.6) is 0 Å². The van der Waals surface area contributed by atoms with Gasteiger partial charge in [0.05, 0.1) is 6.10 Å². The average molecular weight is 440 g/mol. The van der Waals surface area contributed by atoms with Gasteiger partial charge in [-0.1, -0.05) is 24.3 Å². The fourth-order valence-corrected chi connectivity index (χ4v) is 4.43. The smallest absolute Gasteiger partial charge is 0.204 e. The van der Waals surface area contributed by atoms with Crippen LogP contribution in [0.4, 0.5) is 0 Å². The van der Waals surface area contributed by atoms with Crippen molar-refractivity contribution in [2.75, 3.05) is 13.1 Å². The van der Waals surface area contributed by atoms with Gasteiger partial charge in [0.1, 0.15) is 0 Å². The van der Waals surface area contributed by atoms with Crippen LogP contribution in [0, 0.1) is 25.1 Å². The zero-order chi connectivity index (χ0) is 22.9. The van der Waals surface area contributed by atoms with Crippen molar-refractivity contribution in [3.8, 4) is 12.2 Å². The first-order valence-corrected chi connectivity index (χ1v) is 10.6. The standard InChI is InChI=1S/C22H26N2O2.C2H2O4/c1-15-6-7-19(14-23-15)22(26)16-8-10-24(11-9-16)20-12-17-4-2-3-5-18(17)13-21(20)25;3-5-1-2-6-4/h2-7,14,16,20-21,25H,8-13H2,1H3;3-4H. The van der Waals surface area contributed by atoms with Crippen LogP contribution in [0.15, 0.2) is 42.6 Å². The van der Waals surface area contributed by atoms with Crippen LogP contribution in [-0.4, -0.2) is 56.5 Å². The minimum Gasteiger partial charge on any atom is -0.391 e. The minimum absolute atomic E-state index is 0.0729. The number of rotatable bonds is 3. The Hall–Kier alpha value is -2.96. The molecule has 2 heterocycles. The van der Waals surface area contributed by atoms with E-state index in [1.807, 2.05) is 25.1 Å². The monoisotopic (exact) mass is 440 g/mol. The van der Waals surface area contributed by atoms with E-state index < -0.39 is 0 Å². The van der Waals surface area contributed by atoms with E-state index >= 15 is 0 Å². The number of piperidine rings is 1. The second kappa shape index (κ2) is 11.6. The van der Waals surface area contributed by atoms with Crippen molar-refractivity contribution in [1.29, 1.82) is 0 Å². The van der Waals surface area contributed by atoms with Gasteiger partial charge in [-0.3, -0.25) is 24.5 Å². The molecule has 8 nitrogen and oxygen atoms in total. The number of likely N-dealkylation sites (tertiary alicyclic amines) is 1. The molecule has 1 aromatic carbocycles. The van der Waals surface area contributed by atoms with Crippen molar-refractivity contribution in [3.63, 3.8) is 0 Å². The normalized spacial score (nSPS) is 20.6. The van der Waals surface area contributed by atoms with E-state index in [9.17, 15) is 9.90 Å². The molecule has 3 N–H and O–H groups in total. The number of nitrogens with zero attached hydrogens (tertiary/aromatic N) is 2. The molecule has 2 atom stereocenters. The van der Waals surface area contributed by atoms with Gasteiger partial charge in [-0.05, 0) is 62.5 Å². The van der Waals surface area contributed by atoms with Crippen molar-refractivity contribution < 1.29 is 30.2 Å². The molecule has 2 aliphatic rings. The summed E-state index contributed by atoms with van der Waals surface area (Å²) in [5.74, 6) is 0.287. The van der Waals surface area contributed by atoms with Crippen molar-refractivity contribution in [2.45, 2.75) is 44.8 Å². The fourth-order valence-electron chi connectivity index (χ4n) is 4.43. The Morgan fingerprint density at radius 2 is 1.66 bits per heavy atom. The average Bonchev–Trinajstić information content (AvgIpc) is 2.83. The first-order chi connectivity index (χ1) is 15.5. The lowest BCUT2D eigenvalue weighted by atomic mass is 9.83. The molecule has 0 saturated carbocycles. The van der Waals surface area contributed by atoms with Crippen LogP contribution in [-0.2, 0) is 22.6 Å². The maximum Gasteiger partial charge on any atom is 0.204 e. The van der Waals surface area contributed by atoms with E-state index in [0.717, 1.165) is 50.0 Å². The topological polar surface area (TPSA) is 112 Å². The van der Waals surface area contributed by atoms with Crippen LogP contribution in [0.1, 0.15) is 40.0 Å². The Labute approximate surface area is 187 Å². The third-order valence-corrected chi connectivity index (χ3v) is 6.12. The molecule has 8 heteroatoms. The first-order valence-electron chi connectivity index (χ1n) is 10.6. The van der Waals surface area contributed by atoms with Crippen LogP contribution < -0.4 is 0 Å². The number of ketones is 1. The van der Waals surface area contributed by atoms with Gasteiger partial charge in [0.25, 0.3) is 0 Å². The second-order valence-corrected chi connectivity index (χ2v) is 8.06. The van der Waals surface area contributed by atoms with Gasteiger partial charge < -0.3 is 5.11 Å². The Bertz CT molecular complexity index is 937. The summed E-state index contributed by atoms with van der Waals surface area (Å²) in [6.07, 6.45) is 7.79. The largest absolute Gasteiger partial charge is 0.391 e. The van der Waals surface area contributed by atoms with Gasteiger partial charge in [0, 0.05) is 35.8 Å². The lowest BCUT2D eigenvalue weighted by Gasteiger charge is -2.41. The highest BCUT2D eigenvalue weighted by molar-refractivity contribution is 5.97. The van der Waals surface area contributed by atoms with Crippen molar-refractivity contribution in [1.82, 2.24) is 9.88 Å². The molecule has 1 aliphatic heterocycles. The number of Topliss-reactive ketones (excluding diaryl/α,β-unsaturated/α-hetero) is 1. The number of carbonyl (C=O) groups excluding carboxylic acids is 1. The number of aliphatic hydroxyl groups is 1. The molecule has 0 bridgehead atoms. The molecule has 0 amide bonds. The Balaban J connectivity index is 0.000000427. The van der Waals surface area contributed by atoms with Gasteiger partial charge in [-0.15, -0.1) is 0 Å². The summed E-state index contributed by atoms with van der Waals surface area (Å²) in [4.78, 5) is 25.6. The zero-order valence-electron chi connectivity index (χ0n) is 18.0. The molecule has 1 aromatic heterocycles.